The minimum absolute atomic E-state index is 0.553. The molecule has 0 spiro atoms. The molecule has 19 heavy (non-hydrogen) atoms. The number of piperidine rings is 1. The van der Waals surface area contributed by atoms with Crippen molar-refractivity contribution in [3.05, 3.63) is 18.2 Å². The maximum Gasteiger partial charge on any atom is 0.144 e. The quantitative estimate of drug-likeness (QED) is 0.819. The molecule has 2 atom stereocenters. The lowest BCUT2D eigenvalue weighted by molar-refractivity contribution is 0.135. The van der Waals surface area contributed by atoms with Crippen molar-refractivity contribution >= 4 is 11.4 Å². The number of ether oxygens (including phenoxy) is 1. The Morgan fingerprint density at radius 1 is 1.32 bits per heavy atom. The van der Waals surface area contributed by atoms with Gasteiger partial charge in [0.1, 0.15) is 5.75 Å². The van der Waals surface area contributed by atoms with Gasteiger partial charge in [0.2, 0.25) is 0 Å². The summed E-state index contributed by atoms with van der Waals surface area (Å²) in [7, 11) is 0. The molecule has 1 saturated heterocycles. The van der Waals surface area contributed by atoms with Crippen LogP contribution >= 0.6 is 0 Å². The van der Waals surface area contributed by atoms with E-state index in [9.17, 15) is 0 Å². The molecule has 2 rings (SSSR count). The first-order valence-corrected chi connectivity index (χ1v) is 7.19. The van der Waals surface area contributed by atoms with Crippen LogP contribution in [0.3, 0.4) is 0 Å². The fraction of sp³-hybridized carbons (Fsp3) is 0.600. The summed E-state index contributed by atoms with van der Waals surface area (Å²) in [6.07, 6.45) is 3.79. The number of nitrogens with two attached hydrogens (primary N) is 1. The summed E-state index contributed by atoms with van der Waals surface area (Å²) in [5, 5.41) is 2.34. The number of anilines is 2. The average molecular weight is 263 g/mol. The topological polar surface area (TPSA) is 50.5 Å². The predicted octanol–water partition coefficient (Wildman–Crippen LogP) is 3.26. The van der Waals surface area contributed by atoms with Gasteiger partial charge in [0.25, 0.3) is 0 Å². The van der Waals surface area contributed by atoms with E-state index in [4.69, 9.17) is 10.5 Å². The summed E-state index contributed by atoms with van der Waals surface area (Å²) in [5.41, 5.74) is 11.1. The largest absolute Gasteiger partial charge is 0.492 e. The maximum atomic E-state index is 5.90. The Kier molecular flexibility index (Phi) is 4.53. The van der Waals surface area contributed by atoms with Crippen molar-refractivity contribution in [2.75, 3.05) is 17.8 Å². The van der Waals surface area contributed by atoms with E-state index < -0.39 is 0 Å². The molecule has 0 saturated carbocycles. The molecule has 0 amide bonds. The van der Waals surface area contributed by atoms with Crippen molar-refractivity contribution in [1.29, 1.82) is 0 Å². The van der Waals surface area contributed by atoms with Gasteiger partial charge < -0.3 is 15.9 Å². The number of hydrogen-bond donors (Lipinski definition) is 2. The van der Waals surface area contributed by atoms with Crippen molar-refractivity contribution in [1.82, 2.24) is 5.01 Å². The fourth-order valence-electron chi connectivity index (χ4n) is 2.68. The average Bonchev–Trinajstić information content (AvgIpc) is 2.38. The lowest BCUT2D eigenvalue weighted by atomic mass is 10.00. The van der Waals surface area contributed by atoms with Crippen LogP contribution in [0.25, 0.3) is 0 Å². The molecule has 2 unspecified atom stereocenters. The second-order valence-electron chi connectivity index (χ2n) is 5.33. The second-order valence-corrected chi connectivity index (χ2v) is 5.33. The molecule has 4 nitrogen and oxygen atoms in total. The Balaban J connectivity index is 2.11. The zero-order valence-electron chi connectivity index (χ0n) is 12.1. The summed E-state index contributed by atoms with van der Waals surface area (Å²) in [5.74, 6) is 0.754. The summed E-state index contributed by atoms with van der Waals surface area (Å²) in [6, 6.07) is 6.99. The lowest BCUT2D eigenvalue weighted by Crippen LogP contribution is -2.47. The van der Waals surface area contributed by atoms with Gasteiger partial charge in [-0.25, -0.2) is 5.01 Å². The zero-order chi connectivity index (χ0) is 13.8. The first kappa shape index (κ1) is 14.0. The number of nitrogen functional groups attached to an aromatic ring is 1. The van der Waals surface area contributed by atoms with Crippen LogP contribution in [0.4, 0.5) is 11.4 Å². The van der Waals surface area contributed by atoms with Crippen molar-refractivity contribution < 1.29 is 4.74 Å². The highest BCUT2D eigenvalue weighted by Crippen LogP contribution is 2.28. The number of nitrogens with zero attached hydrogens (tertiary/aromatic N) is 1. The first-order chi connectivity index (χ1) is 9.11. The summed E-state index contributed by atoms with van der Waals surface area (Å²) in [6.45, 7) is 7.13. The van der Waals surface area contributed by atoms with E-state index in [2.05, 4.69) is 24.3 Å². The highest BCUT2D eigenvalue weighted by atomic mass is 16.5. The van der Waals surface area contributed by atoms with Gasteiger partial charge >= 0.3 is 0 Å². The van der Waals surface area contributed by atoms with E-state index >= 15 is 0 Å². The Hall–Kier alpha value is -1.42. The normalized spacial score (nSPS) is 24.2. The van der Waals surface area contributed by atoms with E-state index in [0.717, 1.165) is 11.4 Å². The van der Waals surface area contributed by atoms with Crippen LogP contribution in [0.2, 0.25) is 0 Å². The zero-order valence-corrected chi connectivity index (χ0v) is 12.1. The molecule has 4 heteroatoms. The van der Waals surface area contributed by atoms with E-state index in [-0.39, 0.29) is 0 Å². The van der Waals surface area contributed by atoms with Crippen molar-refractivity contribution in [3.8, 4) is 5.75 Å². The number of rotatable bonds is 4. The molecule has 106 valence electrons. The summed E-state index contributed by atoms with van der Waals surface area (Å²) >= 11 is 0. The van der Waals surface area contributed by atoms with Crippen LogP contribution in [0.5, 0.6) is 5.75 Å². The molecule has 0 bridgehead atoms. The smallest absolute Gasteiger partial charge is 0.144 e. The molecule has 0 aliphatic carbocycles. The van der Waals surface area contributed by atoms with E-state index in [1.807, 2.05) is 25.1 Å². The highest BCUT2D eigenvalue weighted by molar-refractivity contribution is 5.61. The minimum Gasteiger partial charge on any atom is -0.492 e. The molecule has 3 N–H and O–H groups in total. The SMILES string of the molecule is CCOc1cc(NN2C(C)CCCC2C)ccc1N. The number of benzene rings is 1. The van der Waals surface area contributed by atoms with E-state index in [0.29, 0.717) is 24.4 Å². The second kappa shape index (κ2) is 6.15. The molecule has 0 radical (unpaired) electrons. The maximum absolute atomic E-state index is 5.90. The van der Waals surface area contributed by atoms with Gasteiger partial charge in [0, 0.05) is 18.2 Å². The third-order valence-corrected chi connectivity index (χ3v) is 3.77. The number of hydrogen-bond acceptors (Lipinski definition) is 4. The Morgan fingerprint density at radius 2 is 2.00 bits per heavy atom. The van der Waals surface area contributed by atoms with Crippen LogP contribution in [-0.2, 0) is 0 Å². The Bertz CT molecular complexity index is 412. The van der Waals surface area contributed by atoms with Crippen LogP contribution in [0, 0.1) is 0 Å². The van der Waals surface area contributed by atoms with Crippen LogP contribution < -0.4 is 15.9 Å². The lowest BCUT2D eigenvalue weighted by Gasteiger charge is -2.39. The molecule has 1 fully saturated rings. The highest BCUT2D eigenvalue weighted by Gasteiger charge is 2.24. The van der Waals surface area contributed by atoms with Crippen molar-refractivity contribution in [2.24, 2.45) is 0 Å². The monoisotopic (exact) mass is 263 g/mol. The van der Waals surface area contributed by atoms with E-state index in [1.54, 1.807) is 0 Å². The van der Waals surface area contributed by atoms with Crippen LogP contribution in [-0.4, -0.2) is 23.7 Å². The molecule has 1 heterocycles. The Morgan fingerprint density at radius 3 is 2.63 bits per heavy atom. The van der Waals surface area contributed by atoms with Gasteiger partial charge in [-0.05, 0) is 45.7 Å². The molecule has 1 aliphatic rings. The molecule has 1 aliphatic heterocycles. The van der Waals surface area contributed by atoms with Crippen LogP contribution in [0.1, 0.15) is 40.0 Å². The number of hydrazine groups is 1. The van der Waals surface area contributed by atoms with Gasteiger partial charge in [-0.1, -0.05) is 6.42 Å². The third kappa shape index (κ3) is 3.32. The standard InChI is InChI=1S/C15H25N3O/c1-4-19-15-10-13(8-9-14(15)16)17-18-11(2)6-5-7-12(18)3/h8-12,17H,4-7,16H2,1-3H3. The van der Waals surface area contributed by atoms with Gasteiger partial charge in [0.05, 0.1) is 18.0 Å². The van der Waals surface area contributed by atoms with Crippen molar-refractivity contribution in [3.63, 3.8) is 0 Å². The van der Waals surface area contributed by atoms with Gasteiger partial charge in [-0.2, -0.15) is 0 Å². The Labute approximate surface area is 115 Å². The molecule has 0 aromatic heterocycles. The molecule has 1 aromatic rings. The fourth-order valence-corrected chi connectivity index (χ4v) is 2.68. The number of nitrogens with one attached hydrogen (secondary N) is 1. The van der Waals surface area contributed by atoms with Gasteiger partial charge in [0.15, 0.2) is 0 Å². The van der Waals surface area contributed by atoms with Crippen molar-refractivity contribution in [2.45, 2.75) is 52.1 Å². The molecular weight excluding hydrogens is 238 g/mol. The van der Waals surface area contributed by atoms with Gasteiger partial charge in [-0.15, -0.1) is 0 Å². The van der Waals surface area contributed by atoms with Crippen LogP contribution in [0.15, 0.2) is 18.2 Å². The summed E-state index contributed by atoms with van der Waals surface area (Å²) < 4.78 is 5.54. The summed E-state index contributed by atoms with van der Waals surface area (Å²) in [4.78, 5) is 0. The molecule has 1 aromatic carbocycles. The minimum atomic E-state index is 0.553. The first-order valence-electron chi connectivity index (χ1n) is 7.19. The predicted molar refractivity (Wildman–Crippen MR) is 80.3 cm³/mol. The van der Waals surface area contributed by atoms with Gasteiger partial charge in [-0.3, -0.25) is 0 Å². The third-order valence-electron chi connectivity index (χ3n) is 3.77. The molecular formula is C15H25N3O. The van der Waals surface area contributed by atoms with E-state index in [1.165, 1.54) is 19.3 Å².